The zero-order valence-corrected chi connectivity index (χ0v) is 17.6. The zero-order chi connectivity index (χ0) is 21.1. The summed E-state index contributed by atoms with van der Waals surface area (Å²) in [5.41, 5.74) is 3.82. The molecule has 0 heterocycles. The quantitative estimate of drug-likeness (QED) is 0.278. The number of hydrogen-bond donors (Lipinski definition) is 0. The van der Waals surface area contributed by atoms with Crippen LogP contribution in [0.5, 0.6) is 0 Å². The SMILES string of the molecule is CCCCC[C@@H]1CC[C@@H]2c3ccc(C#Cc4cc(F)c(F)c(F)c4)cc3CC[C@@H]2C1. The summed E-state index contributed by atoms with van der Waals surface area (Å²) in [6.07, 6.45) is 11.7. The van der Waals surface area contributed by atoms with E-state index < -0.39 is 17.5 Å². The largest absolute Gasteiger partial charge is 0.204 e. The van der Waals surface area contributed by atoms with Crippen molar-refractivity contribution >= 4 is 0 Å². The fourth-order valence-electron chi connectivity index (χ4n) is 5.41. The average molecular weight is 411 g/mol. The molecule has 2 aromatic rings. The van der Waals surface area contributed by atoms with Crippen LogP contribution in [0.4, 0.5) is 13.2 Å². The van der Waals surface area contributed by atoms with Crippen molar-refractivity contribution in [2.75, 3.05) is 0 Å². The molecule has 3 heteroatoms. The van der Waals surface area contributed by atoms with Gasteiger partial charge in [0.15, 0.2) is 17.5 Å². The number of hydrogen-bond acceptors (Lipinski definition) is 0. The molecule has 4 rings (SSSR count). The van der Waals surface area contributed by atoms with Gasteiger partial charge in [0.25, 0.3) is 0 Å². The summed E-state index contributed by atoms with van der Waals surface area (Å²) in [6.45, 7) is 2.27. The number of halogens is 3. The molecule has 30 heavy (non-hydrogen) atoms. The van der Waals surface area contributed by atoms with E-state index in [-0.39, 0.29) is 5.56 Å². The molecule has 0 saturated heterocycles. The van der Waals surface area contributed by atoms with Crippen LogP contribution in [0.15, 0.2) is 30.3 Å². The molecule has 0 unspecified atom stereocenters. The Morgan fingerprint density at radius 1 is 0.900 bits per heavy atom. The van der Waals surface area contributed by atoms with Gasteiger partial charge in [-0.2, -0.15) is 0 Å². The van der Waals surface area contributed by atoms with Crippen molar-refractivity contribution in [1.29, 1.82) is 0 Å². The fraction of sp³-hybridized carbons (Fsp3) is 0.481. The summed E-state index contributed by atoms with van der Waals surface area (Å²) in [7, 11) is 0. The Bertz CT molecular complexity index is 943. The van der Waals surface area contributed by atoms with Gasteiger partial charge in [-0.3, -0.25) is 0 Å². The smallest absolute Gasteiger partial charge is 0.194 e. The van der Waals surface area contributed by atoms with E-state index in [1.165, 1.54) is 62.5 Å². The Morgan fingerprint density at radius 3 is 2.43 bits per heavy atom. The Labute approximate surface area is 177 Å². The minimum atomic E-state index is -1.45. The van der Waals surface area contributed by atoms with Crippen LogP contribution in [0.1, 0.15) is 86.5 Å². The predicted molar refractivity (Wildman–Crippen MR) is 115 cm³/mol. The van der Waals surface area contributed by atoms with Crippen molar-refractivity contribution in [3.05, 3.63) is 70.0 Å². The lowest BCUT2D eigenvalue weighted by molar-refractivity contribution is 0.199. The molecule has 158 valence electrons. The molecule has 0 aliphatic heterocycles. The summed E-state index contributed by atoms with van der Waals surface area (Å²) in [6, 6.07) is 8.22. The zero-order valence-electron chi connectivity index (χ0n) is 17.6. The lowest BCUT2D eigenvalue weighted by Gasteiger charge is -2.40. The van der Waals surface area contributed by atoms with Crippen LogP contribution < -0.4 is 0 Å². The standard InChI is InChI=1S/C27H29F3/c1-2-3-4-5-18-8-12-23-21(14-18)10-11-22-15-19(9-13-24(22)23)6-7-20-16-25(28)27(30)26(29)17-20/h9,13,15-18,21,23H,2-5,8,10-12,14H2,1H3/t18-,21-,23+/m1/s1. The molecule has 0 nitrogen and oxygen atoms in total. The highest BCUT2D eigenvalue weighted by Gasteiger charge is 2.34. The van der Waals surface area contributed by atoms with Crippen LogP contribution in [0, 0.1) is 41.1 Å². The highest BCUT2D eigenvalue weighted by Crippen LogP contribution is 2.48. The molecule has 3 atom stereocenters. The number of fused-ring (bicyclic) bond motifs is 3. The van der Waals surface area contributed by atoms with Gasteiger partial charge in [-0.05, 0) is 85.3 Å². The maximum atomic E-state index is 13.4. The minimum absolute atomic E-state index is 0.144. The maximum absolute atomic E-state index is 13.4. The second-order valence-electron chi connectivity index (χ2n) is 9.00. The normalized spacial score (nSPS) is 22.6. The van der Waals surface area contributed by atoms with Gasteiger partial charge in [-0.15, -0.1) is 0 Å². The van der Waals surface area contributed by atoms with Crippen molar-refractivity contribution in [3.8, 4) is 11.8 Å². The topological polar surface area (TPSA) is 0 Å². The Morgan fingerprint density at radius 2 is 1.67 bits per heavy atom. The average Bonchev–Trinajstić information content (AvgIpc) is 2.75. The lowest BCUT2D eigenvalue weighted by atomic mass is 9.64. The number of unbranched alkanes of at least 4 members (excludes halogenated alkanes) is 2. The van der Waals surface area contributed by atoms with Gasteiger partial charge in [0.1, 0.15) is 0 Å². The first kappa shape index (κ1) is 21.0. The molecule has 1 fully saturated rings. The highest BCUT2D eigenvalue weighted by molar-refractivity contribution is 5.47. The van der Waals surface area contributed by atoms with Gasteiger partial charge in [0, 0.05) is 11.1 Å². The van der Waals surface area contributed by atoms with Crippen molar-refractivity contribution in [2.45, 2.75) is 70.6 Å². The van der Waals surface area contributed by atoms with E-state index in [1.807, 2.05) is 6.07 Å². The van der Waals surface area contributed by atoms with Gasteiger partial charge >= 0.3 is 0 Å². The third kappa shape index (κ3) is 4.59. The second-order valence-corrected chi connectivity index (χ2v) is 9.00. The van der Waals surface area contributed by atoms with Crippen LogP contribution in [0.3, 0.4) is 0 Å². The molecule has 0 bridgehead atoms. The second kappa shape index (κ2) is 9.29. The van der Waals surface area contributed by atoms with Gasteiger partial charge in [0.05, 0.1) is 0 Å². The van der Waals surface area contributed by atoms with Gasteiger partial charge in [0.2, 0.25) is 0 Å². The molecule has 2 aliphatic rings. The van der Waals surface area contributed by atoms with Crippen molar-refractivity contribution < 1.29 is 13.2 Å². The van der Waals surface area contributed by atoms with Gasteiger partial charge in [-0.25, -0.2) is 13.2 Å². The van der Waals surface area contributed by atoms with Crippen LogP contribution >= 0.6 is 0 Å². The summed E-state index contributed by atoms with van der Waals surface area (Å²) < 4.78 is 39.9. The van der Waals surface area contributed by atoms with E-state index in [4.69, 9.17) is 0 Å². The van der Waals surface area contributed by atoms with E-state index in [0.29, 0.717) is 5.92 Å². The van der Waals surface area contributed by atoms with Gasteiger partial charge in [-0.1, -0.05) is 50.5 Å². The van der Waals surface area contributed by atoms with Crippen LogP contribution in [-0.2, 0) is 6.42 Å². The van der Waals surface area contributed by atoms with Crippen molar-refractivity contribution in [2.24, 2.45) is 11.8 Å². The molecule has 0 N–H and O–H groups in total. The molecule has 0 radical (unpaired) electrons. The summed E-state index contributed by atoms with van der Waals surface area (Å²) in [5.74, 6) is 4.26. The summed E-state index contributed by atoms with van der Waals surface area (Å²) in [4.78, 5) is 0. The lowest BCUT2D eigenvalue weighted by Crippen LogP contribution is -2.28. The number of rotatable bonds is 4. The Hall–Kier alpha value is -2.21. The number of benzene rings is 2. The monoisotopic (exact) mass is 410 g/mol. The van der Waals surface area contributed by atoms with Crippen LogP contribution in [0.25, 0.3) is 0 Å². The minimum Gasteiger partial charge on any atom is -0.204 e. The van der Waals surface area contributed by atoms with Crippen LogP contribution in [-0.4, -0.2) is 0 Å². The third-order valence-corrected chi connectivity index (χ3v) is 6.97. The van der Waals surface area contributed by atoms with E-state index in [0.717, 1.165) is 36.0 Å². The van der Waals surface area contributed by atoms with Crippen LogP contribution in [0.2, 0.25) is 0 Å². The molecule has 0 spiro atoms. The molecule has 2 aromatic carbocycles. The first-order valence-electron chi connectivity index (χ1n) is 11.3. The predicted octanol–water partition coefficient (Wildman–Crippen LogP) is 7.53. The molecule has 0 amide bonds. The van der Waals surface area contributed by atoms with E-state index >= 15 is 0 Å². The van der Waals surface area contributed by atoms with E-state index in [9.17, 15) is 13.2 Å². The molecular formula is C27H29F3. The van der Waals surface area contributed by atoms with E-state index in [1.54, 1.807) is 0 Å². The first-order chi connectivity index (χ1) is 14.5. The fourth-order valence-corrected chi connectivity index (χ4v) is 5.41. The molecule has 2 aliphatic carbocycles. The number of aryl methyl sites for hydroxylation is 1. The summed E-state index contributed by atoms with van der Waals surface area (Å²) in [5, 5.41) is 0. The van der Waals surface area contributed by atoms with Crippen molar-refractivity contribution in [1.82, 2.24) is 0 Å². The molecular weight excluding hydrogens is 381 g/mol. The molecule has 1 saturated carbocycles. The third-order valence-electron chi connectivity index (χ3n) is 6.97. The molecule has 0 aromatic heterocycles. The maximum Gasteiger partial charge on any atom is 0.194 e. The highest BCUT2D eigenvalue weighted by atomic mass is 19.2. The van der Waals surface area contributed by atoms with E-state index in [2.05, 4.69) is 30.9 Å². The van der Waals surface area contributed by atoms with Gasteiger partial charge < -0.3 is 0 Å². The first-order valence-corrected chi connectivity index (χ1v) is 11.3. The van der Waals surface area contributed by atoms with Crippen molar-refractivity contribution in [3.63, 3.8) is 0 Å². The Kier molecular flexibility index (Phi) is 6.52. The summed E-state index contributed by atoms with van der Waals surface area (Å²) >= 11 is 0. The Balaban J connectivity index is 1.46.